The van der Waals surface area contributed by atoms with Crippen molar-refractivity contribution in [3.05, 3.63) is 0 Å². The van der Waals surface area contributed by atoms with Gasteiger partial charge in [-0.2, -0.15) is 0 Å². The lowest BCUT2D eigenvalue weighted by Gasteiger charge is -2.38. The lowest BCUT2D eigenvalue weighted by atomic mass is 9.89. The van der Waals surface area contributed by atoms with Crippen molar-refractivity contribution in [2.45, 2.75) is 50.6 Å². The van der Waals surface area contributed by atoms with E-state index < -0.39 is 0 Å². The van der Waals surface area contributed by atoms with Crippen LogP contribution in [0.1, 0.15) is 38.5 Å². The lowest BCUT2D eigenvalue weighted by Crippen LogP contribution is -2.50. The van der Waals surface area contributed by atoms with E-state index in [-0.39, 0.29) is 0 Å². The van der Waals surface area contributed by atoms with Gasteiger partial charge in [0.2, 0.25) is 0 Å². The fourth-order valence-electron chi connectivity index (χ4n) is 3.33. The Morgan fingerprint density at radius 2 is 1.82 bits per heavy atom. The second-order valence-electron chi connectivity index (χ2n) is 6.40. The fraction of sp³-hybridized carbons (Fsp3) is 1.00. The van der Waals surface area contributed by atoms with Crippen LogP contribution in [-0.4, -0.2) is 48.3 Å². The van der Waals surface area contributed by atoms with Gasteiger partial charge in [0.1, 0.15) is 0 Å². The Morgan fingerprint density at radius 3 is 2.47 bits per heavy atom. The predicted molar refractivity (Wildman–Crippen MR) is 68.9 cm³/mol. The molecule has 0 aromatic carbocycles. The van der Waals surface area contributed by atoms with Crippen LogP contribution < -0.4 is 5.32 Å². The van der Waals surface area contributed by atoms with Gasteiger partial charge in [-0.05, 0) is 37.5 Å². The van der Waals surface area contributed by atoms with Gasteiger partial charge in [0.05, 0.1) is 6.61 Å². The molecule has 1 heterocycles. The van der Waals surface area contributed by atoms with Crippen molar-refractivity contribution < 1.29 is 5.11 Å². The molecule has 2 saturated carbocycles. The van der Waals surface area contributed by atoms with Gasteiger partial charge in [-0.25, -0.2) is 0 Å². The lowest BCUT2D eigenvalue weighted by molar-refractivity contribution is 0.109. The van der Waals surface area contributed by atoms with Crippen LogP contribution in [0.5, 0.6) is 0 Å². The number of nitrogens with zero attached hydrogens (tertiary/aromatic N) is 1. The van der Waals surface area contributed by atoms with Crippen LogP contribution in [-0.2, 0) is 0 Å². The number of β-amino-alcohol motifs (C(OH)–C–C–N with tert-alkyl or cyclic N) is 1. The van der Waals surface area contributed by atoms with E-state index in [2.05, 4.69) is 10.2 Å². The van der Waals surface area contributed by atoms with Crippen molar-refractivity contribution >= 4 is 0 Å². The highest BCUT2D eigenvalue weighted by molar-refractivity contribution is 4.91. The molecule has 0 aromatic rings. The first-order valence-corrected chi connectivity index (χ1v) is 7.42. The molecule has 3 rings (SSSR count). The standard InChI is InChI=1S/C14H26N2O/c17-6-5-16-9-12(7-11-1-2-11)8-14(10-16)15-13-3-4-13/h11-15,17H,1-10H2. The van der Waals surface area contributed by atoms with Gasteiger partial charge >= 0.3 is 0 Å². The molecular formula is C14H26N2O. The number of aliphatic hydroxyl groups excluding tert-OH is 1. The Balaban J connectivity index is 1.51. The minimum Gasteiger partial charge on any atom is -0.395 e. The molecule has 0 bridgehead atoms. The van der Waals surface area contributed by atoms with Gasteiger partial charge in [0, 0.05) is 31.7 Å². The van der Waals surface area contributed by atoms with E-state index in [0.717, 1.165) is 31.0 Å². The molecule has 0 amide bonds. The zero-order chi connectivity index (χ0) is 11.7. The summed E-state index contributed by atoms with van der Waals surface area (Å²) in [4.78, 5) is 2.47. The topological polar surface area (TPSA) is 35.5 Å². The molecule has 2 unspecified atom stereocenters. The normalized spacial score (nSPS) is 35.1. The number of hydrogen-bond acceptors (Lipinski definition) is 3. The monoisotopic (exact) mass is 238 g/mol. The number of piperidine rings is 1. The summed E-state index contributed by atoms with van der Waals surface area (Å²) in [6, 6.07) is 1.50. The molecule has 0 aromatic heterocycles. The van der Waals surface area contributed by atoms with E-state index in [4.69, 9.17) is 5.11 Å². The molecule has 17 heavy (non-hydrogen) atoms. The number of nitrogens with one attached hydrogen (secondary N) is 1. The number of aliphatic hydroxyl groups is 1. The maximum absolute atomic E-state index is 9.12. The third kappa shape index (κ3) is 3.67. The van der Waals surface area contributed by atoms with Crippen LogP contribution in [0.25, 0.3) is 0 Å². The second kappa shape index (κ2) is 5.25. The summed E-state index contributed by atoms with van der Waals surface area (Å²) in [6.45, 7) is 3.55. The van der Waals surface area contributed by atoms with E-state index in [1.807, 2.05) is 0 Å². The van der Waals surface area contributed by atoms with E-state index >= 15 is 0 Å². The molecule has 2 N–H and O–H groups in total. The summed E-state index contributed by atoms with van der Waals surface area (Å²) in [5.74, 6) is 1.91. The van der Waals surface area contributed by atoms with Crippen LogP contribution in [0.3, 0.4) is 0 Å². The smallest absolute Gasteiger partial charge is 0.0558 e. The van der Waals surface area contributed by atoms with Crippen LogP contribution in [0.4, 0.5) is 0 Å². The number of likely N-dealkylation sites (tertiary alicyclic amines) is 1. The highest BCUT2D eigenvalue weighted by atomic mass is 16.3. The van der Waals surface area contributed by atoms with E-state index in [1.54, 1.807) is 0 Å². The average molecular weight is 238 g/mol. The molecule has 3 aliphatic rings. The highest BCUT2D eigenvalue weighted by Gasteiger charge is 2.34. The van der Waals surface area contributed by atoms with Crippen molar-refractivity contribution in [1.29, 1.82) is 0 Å². The first-order valence-electron chi connectivity index (χ1n) is 7.42. The van der Waals surface area contributed by atoms with E-state index in [0.29, 0.717) is 12.6 Å². The van der Waals surface area contributed by atoms with Gasteiger partial charge in [0.15, 0.2) is 0 Å². The zero-order valence-electron chi connectivity index (χ0n) is 10.8. The summed E-state index contributed by atoms with van der Waals surface area (Å²) >= 11 is 0. The van der Waals surface area contributed by atoms with Crippen LogP contribution in [0, 0.1) is 11.8 Å². The number of hydrogen-bond donors (Lipinski definition) is 2. The Morgan fingerprint density at radius 1 is 1.00 bits per heavy atom. The molecule has 1 saturated heterocycles. The Labute approximate surface area is 105 Å². The van der Waals surface area contributed by atoms with Crippen molar-refractivity contribution in [3.63, 3.8) is 0 Å². The van der Waals surface area contributed by atoms with Gasteiger partial charge < -0.3 is 10.4 Å². The molecule has 3 fully saturated rings. The van der Waals surface area contributed by atoms with Crippen molar-refractivity contribution in [1.82, 2.24) is 10.2 Å². The Kier molecular flexibility index (Phi) is 3.69. The minimum absolute atomic E-state index is 0.312. The first kappa shape index (κ1) is 11.9. The van der Waals surface area contributed by atoms with Gasteiger partial charge in [-0.3, -0.25) is 4.90 Å². The minimum atomic E-state index is 0.312. The molecule has 2 aliphatic carbocycles. The van der Waals surface area contributed by atoms with Crippen molar-refractivity contribution in [2.24, 2.45) is 11.8 Å². The SMILES string of the molecule is OCCN1CC(CC2CC2)CC(NC2CC2)C1. The molecular weight excluding hydrogens is 212 g/mol. The Bertz CT molecular complexity index is 229. The molecule has 3 nitrogen and oxygen atoms in total. The maximum Gasteiger partial charge on any atom is 0.0558 e. The Hall–Kier alpha value is -0.120. The predicted octanol–water partition coefficient (Wildman–Crippen LogP) is 1.22. The van der Waals surface area contributed by atoms with E-state index in [1.165, 1.54) is 45.1 Å². The first-order chi connectivity index (χ1) is 8.33. The summed E-state index contributed by atoms with van der Waals surface area (Å²) < 4.78 is 0. The largest absolute Gasteiger partial charge is 0.395 e. The fourth-order valence-corrected chi connectivity index (χ4v) is 3.33. The molecule has 0 spiro atoms. The quantitative estimate of drug-likeness (QED) is 0.730. The van der Waals surface area contributed by atoms with Crippen LogP contribution in [0.2, 0.25) is 0 Å². The second-order valence-corrected chi connectivity index (χ2v) is 6.40. The maximum atomic E-state index is 9.12. The van der Waals surface area contributed by atoms with Gasteiger partial charge in [-0.1, -0.05) is 12.8 Å². The van der Waals surface area contributed by atoms with Gasteiger partial charge in [-0.15, -0.1) is 0 Å². The summed E-state index contributed by atoms with van der Waals surface area (Å²) in [7, 11) is 0. The summed E-state index contributed by atoms with van der Waals surface area (Å²) in [5, 5.41) is 12.9. The molecule has 2 atom stereocenters. The third-order valence-electron chi connectivity index (χ3n) is 4.44. The van der Waals surface area contributed by atoms with Crippen LogP contribution in [0.15, 0.2) is 0 Å². The highest BCUT2D eigenvalue weighted by Crippen LogP contribution is 2.38. The molecule has 98 valence electrons. The van der Waals surface area contributed by atoms with Crippen molar-refractivity contribution in [3.8, 4) is 0 Å². The third-order valence-corrected chi connectivity index (χ3v) is 4.44. The molecule has 1 aliphatic heterocycles. The number of rotatable bonds is 6. The average Bonchev–Trinajstić information content (AvgIpc) is 3.14. The molecule has 3 heteroatoms. The van der Waals surface area contributed by atoms with Gasteiger partial charge in [0.25, 0.3) is 0 Å². The van der Waals surface area contributed by atoms with E-state index in [9.17, 15) is 0 Å². The van der Waals surface area contributed by atoms with Crippen LogP contribution >= 0.6 is 0 Å². The summed E-state index contributed by atoms with van der Waals surface area (Å²) in [6.07, 6.45) is 8.50. The molecule has 0 radical (unpaired) electrons. The zero-order valence-corrected chi connectivity index (χ0v) is 10.8. The summed E-state index contributed by atoms with van der Waals surface area (Å²) in [5.41, 5.74) is 0. The van der Waals surface area contributed by atoms with Crippen molar-refractivity contribution in [2.75, 3.05) is 26.2 Å².